The van der Waals surface area contributed by atoms with Crippen LogP contribution in [0.5, 0.6) is 0 Å². The van der Waals surface area contributed by atoms with E-state index >= 15 is 0 Å². The van der Waals surface area contributed by atoms with Gasteiger partial charge in [-0.15, -0.1) is 10.2 Å². The van der Waals surface area contributed by atoms with Crippen molar-refractivity contribution in [1.29, 1.82) is 0 Å². The van der Waals surface area contributed by atoms with Crippen molar-refractivity contribution in [2.75, 3.05) is 16.0 Å². The van der Waals surface area contributed by atoms with Gasteiger partial charge in [-0.05, 0) is 44.0 Å². The van der Waals surface area contributed by atoms with Gasteiger partial charge in [0, 0.05) is 18.5 Å². The SMILES string of the molecule is C[C@H]1CC(=O)Nc2ccccc2N1C(=O)CSc1nnc(-c2ccco2)n1C1CCCCC1. The van der Waals surface area contributed by atoms with E-state index in [2.05, 4.69) is 20.1 Å². The zero-order chi connectivity index (χ0) is 22.8. The van der Waals surface area contributed by atoms with Gasteiger partial charge in [0.05, 0.1) is 23.4 Å². The molecule has 0 radical (unpaired) electrons. The second-order valence-corrected chi connectivity index (χ2v) is 9.56. The van der Waals surface area contributed by atoms with Crippen molar-refractivity contribution in [3.63, 3.8) is 0 Å². The average Bonchev–Trinajstić information content (AvgIpc) is 3.47. The van der Waals surface area contributed by atoms with Crippen molar-refractivity contribution < 1.29 is 14.0 Å². The molecule has 1 aliphatic heterocycles. The molecule has 3 aromatic rings. The lowest BCUT2D eigenvalue weighted by Crippen LogP contribution is -2.40. The first kappa shape index (κ1) is 21.8. The van der Waals surface area contributed by atoms with Crippen LogP contribution < -0.4 is 10.2 Å². The number of anilines is 2. The molecule has 1 aliphatic carbocycles. The molecule has 0 saturated heterocycles. The summed E-state index contributed by atoms with van der Waals surface area (Å²) >= 11 is 1.40. The molecule has 8 nitrogen and oxygen atoms in total. The molecule has 1 fully saturated rings. The Kier molecular flexibility index (Phi) is 6.22. The number of nitrogens with one attached hydrogen (secondary N) is 1. The van der Waals surface area contributed by atoms with E-state index in [1.165, 1.54) is 31.0 Å². The third-order valence-electron chi connectivity index (χ3n) is 6.30. The molecule has 1 N–H and O–H groups in total. The van der Waals surface area contributed by atoms with E-state index in [1.54, 1.807) is 11.2 Å². The summed E-state index contributed by atoms with van der Waals surface area (Å²) in [6.07, 6.45) is 7.62. The number of fused-ring (bicyclic) bond motifs is 1. The third kappa shape index (κ3) is 4.42. The van der Waals surface area contributed by atoms with E-state index in [1.807, 2.05) is 43.3 Å². The van der Waals surface area contributed by atoms with E-state index in [-0.39, 0.29) is 30.0 Å². The van der Waals surface area contributed by atoms with Crippen molar-refractivity contribution in [1.82, 2.24) is 14.8 Å². The lowest BCUT2D eigenvalue weighted by molar-refractivity contribution is -0.117. The first-order valence-electron chi connectivity index (χ1n) is 11.4. The molecule has 0 bridgehead atoms. The normalized spacial score (nSPS) is 19.1. The zero-order valence-electron chi connectivity index (χ0n) is 18.6. The maximum atomic E-state index is 13.4. The lowest BCUT2D eigenvalue weighted by atomic mass is 9.95. The Hall–Kier alpha value is -3.07. The number of carbonyl (C=O) groups is 2. The molecule has 1 saturated carbocycles. The van der Waals surface area contributed by atoms with Crippen molar-refractivity contribution in [3.05, 3.63) is 42.7 Å². The minimum atomic E-state index is -0.239. The number of aromatic nitrogens is 3. The zero-order valence-corrected chi connectivity index (χ0v) is 19.4. The van der Waals surface area contributed by atoms with Crippen LogP contribution in [0.1, 0.15) is 51.5 Å². The summed E-state index contributed by atoms with van der Waals surface area (Å²) < 4.78 is 7.77. The number of furan rings is 1. The summed E-state index contributed by atoms with van der Waals surface area (Å²) in [6.45, 7) is 1.91. The highest BCUT2D eigenvalue weighted by atomic mass is 32.2. The largest absolute Gasteiger partial charge is 0.461 e. The molecule has 1 atom stereocenters. The second kappa shape index (κ2) is 9.43. The van der Waals surface area contributed by atoms with Crippen LogP contribution >= 0.6 is 11.8 Å². The van der Waals surface area contributed by atoms with E-state index in [4.69, 9.17) is 4.42 Å². The Morgan fingerprint density at radius 3 is 2.76 bits per heavy atom. The number of hydrogen-bond donors (Lipinski definition) is 1. The van der Waals surface area contributed by atoms with Crippen molar-refractivity contribution >= 4 is 35.0 Å². The van der Waals surface area contributed by atoms with Gasteiger partial charge in [0.1, 0.15) is 0 Å². The number of rotatable bonds is 5. The minimum Gasteiger partial charge on any atom is -0.461 e. The van der Waals surface area contributed by atoms with Gasteiger partial charge < -0.3 is 14.6 Å². The van der Waals surface area contributed by atoms with Gasteiger partial charge >= 0.3 is 0 Å². The molecule has 172 valence electrons. The van der Waals surface area contributed by atoms with Crippen molar-refractivity contribution in [3.8, 4) is 11.6 Å². The molecule has 2 aliphatic rings. The molecular formula is C24H27N5O3S. The van der Waals surface area contributed by atoms with E-state index in [0.717, 1.165) is 23.7 Å². The Labute approximate surface area is 196 Å². The van der Waals surface area contributed by atoms with Crippen molar-refractivity contribution in [2.45, 2.75) is 62.7 Å². The second-order valence-electron chi connectivity index (χ2n) is 8.62. The van der Waals surface area contributed by atoms with Crippen LogP contribution in [0, 0.1) is 0 Å². The number of para-hydroxylation sites is 2. The smallest absolute Gasteiger partial charge is 0.237 e. The molecular weight excluding hydrogens is 438 g/mol. The van der Waals surface area contributed by atoms with Gasteiger partial charge in [0.15, 0.2) is 10.9 Å². The molecule has 0 spiro atoms. The summed E-state index contributed by atoms with van der Waals surface area (Å²) in [7, 11) is 0. The fourth-order valence-electron chi connectivity index (χ4n) is 4.78. The van der Waals surface area contributed by atoms with Gasteiger partial charge in [0.25, 0.3) is 0 Å². The van der Waals surface area contributed by atoms with E-state index in [0.29, 0.717) is 23.3 Å². The van der Waals surface area contributed by atoms with E-state index in [9.17, 15) is 9.59 Å². The predicted octanol–water partition coefficient (Wildman–Crippen LogP) is 4.90. The van der Waals surface area contributed by atoms with Crippen LogP contribution in [-0.2, 0) is 9.59 Å². The average molecular weight is 466 g/mol. The minimum absolute atomic E-state index is 0.0609. The van der Waals surface area contributed by atoms with Crippen LogP contribution in [0.25, 0.3) is 11.6 Å². The van der Waals surface area contributed by atoms with Gasteiger partial charge in [-0.2, -0.15) is 0 Å². The van der Waals surface area contributed by atoms with Crippen LogP contribution in [0.3, 0.4) is 0 Å². The summed E-state index contributed by atoms with van der Waals surface area (Å²) in [5, 5.41) is 12.5. The standard InChI is InChI=1S/C24H27N5O3S/c1-16-14-21(30)25-18-10-5-6-11-19(18)28(16)22(31)15-33-24-27-26-23(20-12-7-13-32-20)29(24)17-8-3-2-4-9-17/h5-7,10-13,16-17H,2-4,8-9,14-15H2,1H3,(H,25,30)/t16-/m0/s1. The van der Waals surface area contributed by atoms with E-state index < -0.39 is 0 Å². The molecule has 2 aromatic heterocycles. The monoisotopic (exact) mass is 465 g/mol. The Morgan fingerprint density at radius 1 is 1.15 bits per heavy atom. The van der Waals surface area contributed by atoms with Gasteiger partial charge in [-0.25, -0.2) is 0 Å². The van der Waals surface area contributed by atoms with Crippen LogP contribution in [0.2, 0.25) is 0 Å². The first-order chi connectivity index (χ1) is 16.1. The summed E-state index contributed by atoms with van der Waals surface area (Å²) in [6, 6.07) is 11.2. The molecule has 33 heavy (non-hydrogen) atoms. The predicted molar refractivity (Wildman–Crippen MR) is 127 cm³/mol. The van der Waals surface area contributed by atoms with Gasteiger partial charge in [0.2, 0.25) is 17.6 Å². The third-order valence-corrected chi connectivity index (χ3v) is 7.23. The topological polar surface area (TPSA) is 93.3 Å². The number of amides is 2. The highest BCUT2D eigenvalue weighted by Gasteiger charge is 2.31. The quantitative estimate of drug-likeness (QED) is 0.539. The highest BCUT2D eigenvalue weighted by Crippen LogP contribution is 2.37. The Bertz CT molecular complexity index is 1140. The number of carbonyl (C=O) groups excluding carboxylic acids is 2. The van der Waals surface area contributed by atoms with Crippen molar-refractivity contribution in [2.24, 2.45) is 0 Å². The fourth-order valence-corrected chi connectivity index (χ4v) is 5.65. The fraction of sp³-hybridized carbons (Fsp3) is 0.417. The number of nitrogens with zero attached hydrogens (tertiary/aromatic N) is 4. The number of thioether (sulfide) groups is 1. The highest BCUT2D eigenvalue weighted by molar-refractivity contribution is 7.99. The summed E-state index contributed by atoms with van der Waals surface area (Å²) in [5.74, 6) is 1.46. The molecule has 9 heteroatoms. The van der Waals surface area contributed by atoms with Crippen LogP contribution in [-0.4, -0.2) is 38.4 Å². The number of hydrogen-bond acceptors (Lipinski definition) is 6. The molecule has 2 amide bonds. The van der Waals surface area contributed by atoms with Gasteiger partial charge in [-0.1, -0.05) is 43.2 Å². The summed E-state index contributed by atoms with van der Waals surface area (Å²) in [5.41, 5.74) is 1.39. The molecule has 5 rings (SSSR count). The Balaban J connectivity index is 1.40. The Morgan fingerprint density at radius 2 is 1.97 bits per heavy atom. The van der Waals surface area contributed by atoms with Crippen LogP contribution in [0.15, 0.2) is 52.2 Å². The van der Waals surface area contributed by atoms with Gasteiger partial charge in [-0.3, -0.25) is 14.2 Å². The number of benzene rings is 1. The summed E-state index contributed by atoms with van der Waals surface area (Å²) in [4.78, 5) is 27.4. The maximum Gasteiger partial charge on any atom is 0.237 e. The molecule has 1 aromatic carbocycles. The molecule has 0 unspecified atom stereocenters. The first-order valence-corrected chi connectivity index (χ1v) is 12.4. The molecule has 3 heterocycles. The lowest BCUT2D eigenvalue weighted by Gasteiger charge is -2.28. The maximum absolute atomic E-state index is 13.4. The van der Waals surface area contributed by atoms with Crippen LogP contribution in [0.4, 0.5) is 11.4 Å².